The molecule has 0 rings (SSSR count). The molecule has 0 aromatic carbocycles. The minimum absolute atomic E-state index is 1.38. The lowest BCUT2D eigenvalue weighted by atomic mass is 11.2. The molecule has 0 amide bonds. The molecular weight excluding hydrogens is 136 g/mol. The summed E-state index contributed by atoms with van der Waals surface area (Å²) in [7, 11) is 3.12. The largest absolute Gasteiger partial charge is 0.505 e. The molecule has 0 saturated carbocycles. The van der Waals surface area contributed by atoms with E-state index in [4.69, 9.17) is 10.5 Å². The van der Waals surface area contributed by atoms with Gasteiger partial charge in [-0.15, -0.1) is 0 Å². The number of rotatable bonds is 2. The van der Waals surface area contributed by atoms with E-state index in [9.17, 15) is 0 Å². The van der Waals surface area contributed by atoms with E-state index < -0.39 is 0 Å². The van der Waals surface area contributed by atoms with Gasteiger partial charge in [-0.1, -0.05) is 13.2 Å². The molecule has 62 valence electrons. The van der Waals surface area contributed by atoms with Crippen LogP contribution in [0.3, 0.4) is 0 Å². The van der Waals surface area contributed by atoms with E-state index in [-0.39, 0.29) is 0 Å². The minimum atomic E-state index is 1.38. The molecule has 4 heteroatoms. The summed E-state index contributed by atoms with van der Waals surface area (Å²) in [4.78, 5) is 0. The highest BCUT2D eigenvalue weighted by atomic mass is 17.0. The van der Waals surface area contributed by atoms with E-state index in [2.05, 4.69) is 22.6 Å². The van der Waals surface area contributed by atoms with Crippen LogP contribution in [0.5, 0.6) is 0 Å². The Balaban J connectivity index is -0.0000000787. The topological polar surface area (TPSA) is 58.9 Å². The molecule has 0 unspecified atom stereocenters. The molecule has 0 spiro atoms. The molecule has 0 aliphatic rings. The summed E-state index contributed by atoms with van der Waals surface area (Å²) in [5, 5.41) is 12.0. The fourth-order valence-corrected chi connectivity index (χ4v) is 0. The van der Waals surface area contributed by atoms with Crippen molar-refractivity contribution in [3.63, 3.8) is 0 Å². The van der Waals surface area contributed by atoms with Crippen molar-refractivity contribution in [3.8, 4) is 0 Å². The maximum atomic E-state index is 6.00. The molecule has 0 fully saturated rings. The van der Waals surface area contributed by atoms with E-state index in [1.807, 2.05) is 0 Å². The maximum Gasteiger partial charge on any atom is 0.0766 e. The summed E-state index contributed by atoms with van der Waals surface area (Å²) in [6.07, 6.45) is 2.75. The van der Waals surface area contributed by atoms with Crippen molar-refractivity contribution in [3.05, 3.63) is 25.7 Å². The van der Waals surface area contributed by atoms with Crippen LogP contribution in [0.4, 0.5) is 0 Å². The Kier molecular flexibility index (Phi) is 69.7. The summed E-state index contributed by atoms with van der Waals surface area (Å²) in [5.74, 6) is 0. The van der Waals surface area contributed by atoms with Crippen LogP contribution in [-0.4, -0.2) is 24.7 Å². The summed E-state index contributed by atoms with van der Waals surface area (Å²) >= 11 is 0. The SMILES string of the molecule is C=COC.C=COC.OO. The van der Waals surface area contributed by atoms with Crippen molar-refractivity contribution < 1.29 is 20.0 Å². The van der Waals surface area contributed by atoms with Gasteiger partial charge < -0.3 is 9.47 Å². The summed E-state index contributed by atoms with van der Waals surface area (Å²) < 4.78 is 8.61. The number of hydrogen-bond donors (Lipinski definition) is 2. The summed E-state index contributed by atoms with van der Waals surface area (Å²) in [5.41, 5.74) is 0. The predicted molar refractivity (Wildman–Crippen MR) is 39.7 cm³/mol. The zero-order chi connectivity index (χ0) is 8.83. The van der Waals surface area contributed by atoms with Crippen LogP contribution in [0.1, 0.15) is 0 Å². The number of methoxy groups -OCH3 is 2. The molecule has 0 aromatic rings. The van der Waals surface area contributed by atoms with Gasteiger partial charge in [-0.2, -0.15) is 0 Å². The van der Waals surface area contributed by atoms with E-state index in [0.717, 1.165) is 0 Å². The molecule has 4 nitrogen and oxygen atoms in total. The highest BCUT2D eigenvalue weighted by Crippen LogP contribution is 1.52. The Hall–Kier alpha value is -1.00. The molecule has 0 atom stereocenters. The lowest BCUT2D eigenvalue weighted by molar-refractivity contribution is -0.176. The van der Waals surface area contributed by atoms with Crippen molar-refractivity contribution >= 4 is 0 Å². The molecule has 0 bridgehead atoms. The summed E-state index contributed by atoms with van der Waals surface area (Å²) in [6.45, 7) is 6.51. The number of ether oxygens (including phenoxy) is 2. The van der Waals surface area contributed by atoms with E-state index >= 15 is 0 Å². The first-order chi connectivity index (χ1) is 4.83. The Morgan fingerprint density at radius 1 is 1.00 bits per heavy atom. The molecule has 0 aliphatic heterocycles. The minimum Gasteiger partial charge on any atom is -0.505 e. The Morgan fingerprint density at radius 3 is 1.10 bits per heavy atom. The molecule has 0 aromatic heterocycles. The van der Waals surface area contributed by atoms with Gasteiger partial charge in [0, 0.05) is 0 Å². The zero-order valence-corrected chi connectivity index (χ0v) is 6.28. The lowest BCUT2D eigenvalue weighted by Gasteiger charge is -1.73. The first kappa shape index (κ1) is 16.0. The third kappa shape index (κ3) is 252. The highest BCUT2D eigenvalue weighted by Gasteiger charge is 1.36. The monoisotopic (exact) mass is 150 g/mol. The van der Waals surface area contributed by atoms with Crippen LogP contribution in [0.2, 0.25) is 0 Å². The molecule has 10 heavy (non-hydrogen) atoms. The van der Waals surface area contributed by atoms with Crippen molar-refractivity contribution in [2.45, 2.75) is 0 Å². The molecule has 0 aliphatic carbocycles. The van der Waals surface area contributed by atoms with Crippen LogP contribution in [0.15, 0.2) is 25.7 Å². The molecule has 0 heterocycles. The van der Waals surface area contributed by atoms with Crippen LogP contribution in [-0.2, 0) is 9.47 Å². The second-order valence-electron chi connectivity index (χ2n) is 0.805. The fourth-order valence-electron chi connectivity index (χ4n) is 0. The number of hydrogen-bond acceptors (Lipinski definition) is 4. The van der Waals surface area contributed by atoms with Gasteiger partial charge in [0.2, 0.25) is 0 Å². The van der Waals surface area contributed by atoms with E-state index in [0.29, 0.717) is 0 Å². The Labute approximate surface area is 60.9 Å². The van der Waals surface area contributed by atoms with Gasteiger partial charge in [0.05, 0.1) is 26.7 Å². The van der Waals surface area contributed by atoms with Gasteiger partial charge in [-0.25, -0.2) is 0 Å². The average Bonchev–Trinajstić information content (AvgIpc) is 2.08. The van der Waals surface area contributed by atoms with Crippen LogP contribution in [0.25, 0.3) is 0 Å². The molecule has 2 N–H and O–H groups in total. The third-order valence-electron chi connectivity index (χ3n) is 0.333. The van der Waals surface area contributed by atoms with Gasteiger partial charge in [0.1, 0.15) is 0 Å². The summed E-state index contributed by atoms with van der Waals surface area (Å²) in [6, 6.07) is 0. The quantitative estimate of drug-likeness (QED) is 0.356. The third-order valence-corrected chi connectivity index (χ3v) is 0.333. The fraction of sp³-hybridized carbons (Fsp3) is 0.333. The van der Waals surface area contributed by atoms with Gasteiger partial charge in [0.25, 0.3) is 0 Å². The first-order valence-electron chi connectivity index (χ1n) is 2.30. The van der Waals surface area contributed by atoms with E-state index in [1.165, 1.54) is 12.5 Å². The lowest BCUT2D eigenvalue weighted by Crippen LogP contribution is -1.54. The normalized spacial score (nSPS) is 4.80. The second-order valence-corrected chi connectivity index (χ2v) is 0.805. The van der Waals surface area contributed by atoms with E-state index in [1.54, 1.807) is 14.2 Å². The average molecular weight is 150 g/mol. The van der Waals surface area contributed by atoms with Crippen molar-refractivity contribution in [2.24, 2.45) is 0 Å². The first-order valence-corrected chi connectivity index (χ1v) is 2.30. The van der Waals surface area contributed by atoms with Crippen LogP contribution in [0, 0.1) is 0 Å². The standard InChI is InChI=1S/2C3H6O.H2O2/c2*1-3-4-2;1-2/h2*3H,1H2,2H3;1-2H. The Bertz CT molecular complexity index is 45.7. The second kappa shape index (κ2) is 43.6. The van der Waals surface area contributed by atoms with Gasteiger partial charge >= 0.3 is 0 Å². The maximum absolute atomic E-state index is 6.00. The Morgan fingerprint density at radius 2 is 1.10 bits per heavy atom. The van der Waals surface area contributed by atoms with Crippen LogP contribution < -0.4 is 0 Å². The zero-order valence-electron chi connectivity index (χ0n) is 6.28. The van der Waals surface area contributed by atoms with Crippen molar-refractivity contribution in [2.75, 3.05) is 14.2 Å². The molecular formula is C6H14O4. The van der Waals surface area contributed by atoms with Crippen molar-refractivity contribution in [1.29, 1.82) is 0 Å². The molecule has 0 radical (unpaired) electrons. The smallest absolute Gasteiger partial charge is 0.0766 e. The van der Waals surface area contributed by atoms with Gasteiger partial charge in [-0.3, -0.25) is 10.5 Å². The van der Waals surface area contributed by atoms with Gasteiger partial charge in [-0.05, 0) is 0 Å². The molecule has 0 saturated heterocycles. The highest BCUT2D eigenvalue weighted by molar-refractivity contribution is 4.43. The van der Waals surface area contributed by atoms with Gasteiger partial charge in [0.15, 0.2) is 0 Å². The van der Waals surface area contributed by atoms with Crippen LogP contribution >= 0.6 is 0 Å². The van der Waals surface area contributed by atoms with Crippen molar-refractivity contribution in [1.82, 2.24) is 0 Å². The predicted octanol–water partition coefficient (Wildman–Crippen LogP) is 1.57.